The monoisotopic (exact) mass is 257 g/mol. The van der Waals surface area contributed by atoms with E-state index in [4.69, 9.17) is 10.00 Å². The molecule has 4 heteroatoms. The second-order valence-corrected chi connectivity index (χ2v) is 4.10. The van der Waals surface area contributed by atoms with Crippen LogP contribution in [-0.2, 0) is 0 Å². The van der Waals surface area contributed by atoms with Crippen LogP contribution >= 0.6 is 0 Å². The normalized spacial score (nSPS) is 11.7. The second-order valence-electron chi connectivity index (χ2n) is 4.10. The smallest absolute Gasteiger partial charge is 0.133 e. The van der Waals surface area contributed by atoms with Gasteiger partial charge in [-0.3, -0.25) is 0 Å². The van der Waals surface area contributed by atoms with Crippen LogP contribution in [0.15, 0.2) is 42.5 Å². The third kappa shape index (κ3) is 3.09. The lowest BCUT2D eigenvalue weighted by molar-refractivity contribution is 0.195. The van der Waals surface area contributed by atoms with Gasteiger partial charge in [-0.25, -0.2) is 4.39 Å². The van der Waals surface area contributed by atoms with Gasteiger partial charge in [-0.15, -0.1) is 0 Å². The molecule has 0 saturated heterocycles. The highest BCUT2D eigenvalue weighted by atomic mass is 19.1. The number of nitrogens with zero attached hydrogens (tertiary/aromatic N) is 1. The van der Waals surface area contributed by atoms with Crippen LogP contribution in [0.4, 0.5) is 4.39 Å². The first kappa shape index (κ1) is 13.1. The molecule has 96 valence electrons. The van der Waals surface area contributed by atoms with E-state index in [0.717, 1.165) is 0 Å². The van der Waals surface area contributed by atoms with Crippen LogP contribution in [0, 0.1) is 17.1 Å². The van der Waals surface area contributed by atoms with Crippen LogP contribution in [0.5, 0.6) is 11.5 Å². The summed E-state index contributed by atoms with van der Waals surface area (Å²) in [5.41, 5.74) is 0.909. The quantitative estimate of drug-likeness (QED) is 0.914. The van der Waals surface area contributed by atoms with Crippen LogP contribution in [0.3, 0.4) is 0 Å². The van der Waals surface area contributed by atoms with E-state index in [1.165, 1.54) is 18.2 Å². The fourth-order valence-electron chi connectivity index (χ4n) is 1.66. The van der Waals surface area contributed by atoms with Gasteiger partial charge in [0.2, 0.25) is 0 Å². The number of aliphatic hydroxyl groups is 1. The highest BCUT2D eigenvalue weighted by Crippen LogP contribution is 2.30. The maximum atomic E-state index is 13.1. The first-order valence-electron chi connectivity index (χ1n) is 5.75. The summed E-state index contributed by atoms with van der Waals surface area (Å²) in [6, 6.07) is 12.5. The number of benzene rings is 2. The highest BCUT2D eigenvalue weighted by molar-refractivity contribution is 5.41. The molecule has 0 fully saturated rings. The van der Waals surface area contributed by atoms with E-state index in [1.54, 1.807) is 31.2 Å². The van der Waals surface area contributed by atoms with Crippen molar-refractivity contribution in [3.8, 4) is 17.6 Å². The van der Waals surface area contributed by atoms with Crippen LogP contribution in [0.2, 0.25) is 0 Å². The Kier molecular flexibility index (Phi) is 3.79. The van der Waals surface area contributed by atoms with Gasteiger partial charge >= 0.3 is 0 Å². The fraction of sp³-hybridized carbons (Fsp3) is 0.133. The van der Waals surface area contributed by atoms with E-state index in [1.807, 2.05) is 6.07 Å². The number of ether oxygens (including phenoxy) is 1. The van der Waals surface area contributed by atoms with Crippen molar-refractivity contribution in [1.82, 2.24) is 0 Å². The van der Waals surface area contributed by atoms with E-state index >= 15 is 0 Å². The van der Waals surface area contributed by atoms with E-state index in [2.05, 4.69) is 0 Å². The zero-order valence-electron chi connectivity index (χ0n) is 10.3. The van der Waals surface area contributed by atoms with Crippen molar-refractivity contribution in [1.29, 1.82) is 5.26 Å². The van der Waals surface area contributed by atoms with E-state index in [-0.39, 0.29) is 0 Å². The first-order valence-corrected chi connectivity index (χ1v) is 5.75. The minimum atomic E-state index is -0.830. The Balaban J connectivity index is 2.30. The molecule has 1 N–H and O–H groups in total. The number of halogens is 1. The molecule has 19 heavy (non-hydrogen) atoms. The SMILES string of the molecule is CC(O)c1cc(F)ccc1Oc1ccc(C#N)cc1. The maximum Gasteiger partial charge on any atom is 0.133 e. The molecular formula is C15H12FNO2. The molecule has 0 heterocycles. The van der Waals surface area contributed by atoms with Gasteiger partial charge in [-0.1, -0.05) is 0 Å². The molecule has 0 bridgehead atoms. The minimum Gasteiger partial charge on any atom is -0.457 e. The summed E-state index contributed by atoms with van der Waals surface area (Å²) in [6.45, 7) is 1.54. The lowest BCUT2D eigenvalue weighted by Gasteiger charge is -2.13. The zero-order chi connectivity index (χ0) is 13.8. The Labute approximate surface area is 110 Å². The Hall–Kier alpha value is -2.38. The third-order valence-electron chi connectivity index (χ3n) is 2.63. The number of aliphatic hydroxyl groups excluding tert-OH is 1. The van der Waals surface area contributed by atoms with Crippen LogP contribution in [0.1, 0.15) is 24.2 Å². The molecule has 0 radical (unpaired) electrons. The highest BCUT2D eigenvalue weighted by Gasteiger charge is 2.11. The van der Waals surface area contributed by atoms with Crippen molar-refractivity contribution < 1.29 is 14.2 Å². The van der Waals surface area contributed by atoms with Gasteiger partial charge in [0.25, 0.3) is 0 Å². The van der Waals surface area contributed by atoms with Gasteiger partial charge in [0.05, 0.1) is 17.7 Å². The third-order valence-corrected chi connectivity index (χ3v) is 2.63. The molecule has 1 atom stereocenters. The fourth-order valence-corrected chi connectivity index (χ4v) is 1.66. The van der Waals surface area contributed by atoms with Gasteiger partial charge in [-0.2, -0.15) is 5.26 Å². The predicted molar refractivity (Wildman–Crippen MR) is 68.3 cm³/mol. The number of hydrogen-bond acceptors (Lipinski definition) is 3. The molecule has 0 aliphatic rings. The Morgan fingerprint density at radius 3 is 2.47 bits per heavy atom. The van der Waals surface area contributed by atoms with Crippen molar-refractivity contribution in [3.05, 3.63) is 59.4 Å². The van der Waals surface area contributed by atoms with Gasteiger partial charge in [-0.05, 0) is 49.4 Å². The average molecular weight is 257 g/mol. The van der Waals surface area contributed by atoms with Crippen molar-refractivity contribution in [2.24, 2.45) is 0 Å². The van der Waals surface area contributed by atoms with E-state index in [0.29, 0.717) is 22.6 Å². The van der Waals surface area contributed by atoms with Gasteiger partial charge < -0.3 is 9.84 Å². The second kappa shape index (κ2) is 5.51. The number of hydrogen-bond donors (Lipinski definition) is 1. The lowest BCUT2D eigenvalue weighted by Crippen LogP contribution is -1.97. The Bertz CT molecular complexity index is 615. The summed E-state index contributed by atoms with van der Waals surface area (Å²) in [5, 5.41) is 18.3. The van der Waals surface area contributed by atoms with Crippen LogP contribution in [0.25, 0.3) is 0 Å². The summed E-state index contributed by atoms with van der Waals surface area (Å²) in [5.74, 6) is 0.483. The molecule has 0 aliphatic heterocycles. The Morgan fingerprint density at radius 2 is 1.89 bits per heavy atom. The standard InChI is InChI=1S/C15H12FNO2/c1-10(18)14-8-12(16)4-7-15(14)19-13-5-2-11(9-17)3-6-13/h2-8,10,18H,1H3. The van der Waals surface area contributed by atoms with Crippen LogP contribution < -0.4 is 4.74 Å². The number of rotatable bonds is 3. The van der Waals surface area contributed by atoms with Crippen molar-refractivity contribution >= 4 is 0 Å². The van der Waals surface area contributed by atoms with Gasteiger partial charge in [0.1, 0.15) is 17.3 Å². The topological polar surface area (TPSA) is 53.2 Å². The zero-order valence-corrected chi connectivity index (χ0v) is 10.3. The van der Waals surface area contributed by atoms with Crippen molar-refractivity contribution in [2.75, 3.05) is 0 Å². The number of nitriles is 1. The molecule has 0 aromatic heterocycles. The molecule has 0 spiro atoms. The summed E-state index contributed by atoms with van der Waals surface area (Å²) in [4.78, 5) is 0. The molecule has 3 nitrogen and oxygen atoms in total. The van der Waals surface area contributed by atoms with Crippen molar-refractivity contribution in [3.63, 3.8) is 0 Å². The molecular weight excluding hydrogens is 245 g/mol. The largest absolute Gasteiger partial charge is 0.457 e. The van der Waals surface area contributed by atoms with Crippen molar-refractivity contribution in [2.45, 2.75) is 13.0 Å². The molecule has 1 unspecified atom stereocenters. The van der Waals surface area contributed by atoms with Crippen LogP contribution in [-0.4, -0.2) is 5.11 Å². The van der Waals surface area contributed by atoms with E-state index in [9.17, 15) is 9.50 Å². The summed E-state index contributed by atoms with van der Waals surface area (Å²) >= 11 is 0. The maximum absolute atomic E-state index is 13.1. The molecule has 2 rings (SSSR count). The lowest BCUT2D eigenvalue weighted by atomic mass is 10.1. The summed E-state index contributed by atoms with van der Waals surface area (Å²) in [7, 11) is 0. The average Bonchev–Trinajstić information content (AvgIpc) is 2.41. The minimum absolute atomic E-state index is 0.379. The molecule has 0 saturated carbocycles. The molecule has 0 amide bonds. The first-order chi connectivity index (χ1) is 9.10. The van der Waals surface area contributed by atoms with E-state index < -0.39 is 11.9 Å². The summed E-state index contributed by atoms with van der Waals surface area (Å²) < 4.78 is 18.7. The summed E-state index contributed by atoms with van der Waals surface area (Å²) in [6.07, 6.45) is -0.830. The molecule has 0 aliphatic carbocycles. The van der Waals surface area contributed by atoms with Gasteiger partial charge in [0, 0.05) is 5.56 Å². The Morgan fingerprint density at radius 1 is 1.21 bits per heavy atom. The molecule has 2 aromatic rings. The predicted octanol–water partition coefficient (Wildman–Crippen LogP) is 3.54. The molecule has 2 aromatic carbocycles. The van der Waals surface area contributed by atoms with Gasteiger partial charge in [0.15, 0.2) is 0 Å².